The Morgan fingerprint density at radius 1 is 1.73 bits per heavy atom. The number of hydrogen-bond acceptors (Lipinski definition) is 2. The van der Waals surface area contributed by atoms with Gasteiger partial charge in [-0.2, -0.15) is 0 Å². The Hall–Kier alpha value is -0.660. The van der Waals surface area contributed by atoms with Crippen LogP contribution in [-0.2, 0) is 0 Å². The lowest BCUT2D eigenvalue weighted by Gasteiger charge is -2.20. The fourth-order valence-corrected chi connectivity index (χ4v) is 1.23. The molecular weight excluding hydrogens is 136 g/mol. The average molecular weight is 152 g/mol. The molecule has 0 bridgehead atoms. The minimum absolute atomic E-state index is 0.493. The van der Waals surface area contributed by atoms with Crippen LogP contribution in [-0.4, -0.2) is 25.0 Å². The maximum Gasteiger partial charge on any atom is 0.0588 e. The van der Waals surface area contributed by atoms with Gasteiger partial charge in [-0.1, -0.05) is 13.8 Å². The smallest absolute Gasteiger partial charge is 0.0588 e. The molecule has 1 aliphatic heterocycles. The van der Waals surface area contributed by atoms with Gasteiger partial charge in [-0.05, 0) is 18.6 Å². The summed E-state index contributed by atoms with van der Waals surface area (Å²) in [7, 11) is 0. The molecule has 2 heteroatoms. The molecular formula is C9H16N2. The Morgan fingerprint density at radius 3 is 3.18 bits per heavy atom. The minimum atomic E-state index is 0.493. The maximum atomic E-state index is 4.47. The number of aliphatic imine (C=N–C) groups is 2. The van der Waals surface area contributed by atoms with Gasteiger partial charge in [0.05, 0.1) is 6.04 Å². The van der Waals surface area contributed by atoms with Gasteiger partial charge in [0.15, 0.2) is 0 Å². The lowest BCUT2D eigenvalue weighted by molar-refractivity contribution is 0.466. The summed E-state index contributed by atoms with van der Waals surface area (Å²) in [6.45, 7) is 5.28. The van der Waals surface area contributed by atoms with E-state index in [1.165, 1.54) is 0 Å². The van der Waals surface area contributed by atoms with Gasteiger partial charge in [0.25, 0.3) is 0 Å². The first-order valence-electron chi connectivity index (χ1n) is 4.34. The molecule has 0 saturated carbocycles. The van der Waals surface area contributed by atoms with Gasteiger partial charge < -0.3 is 0 Å². The summed E-state index contributed by atoms with van der Waals surface area (Å²) in [5.41, 5.74) is 0. The van der Waals surface area contributed by atoms with Crippen LogP contribution < -0.4 is 0 Å². The van der Waals surface area contributed by atoms with Crippen LogP contribution >= 0.6 is 0 Å². The molecule has 2 atom stereocenters. The van der Waals surface area contributed by atoms with Gasteiger partial charge in [0, 0.05) is 19.2 Å². The highest BCUT2D eigenvalue weighted by Crippen LogP contribution is 2.14. The molecule has 0 aromatic carbocycles. The van der Waals surface area contributed by atoms with Gasteiger partial charge in [0.1, 0.15) is 0 Å². The monoisotopic (exact) mass is 152 g/mol. The summed E-state index contributed by atoms with van der Waals surface area (Å²) in [6.07, 6.45) is 6.08. The molecule has 0 spiro atoms. The second-order valence-electron chi connectivity index (χ2n) is 3.07. The lowest BCUT2D eigenvalue weighted by Crippen LogP contribution is -2.23. The van der Waals surface area contributed by atoms with Crippen molar-refractivity contribution < 1.29 is 0 Å². The second-order valence-corrected chi connectivity index (χ2v) is 3.07. The van der Waals surface area contributed by atoms with E-state index in [9.17, 15) is 0 Å². The minimum Gasteiger partial charge on any atom is -0.297 e. The molecule has 0 aromatic heterocycles. The average Bonchev–Trinajstić information content (AvgIpc) is 2.03. The van der Waals surface area contributed by atoms with Crippen LogP contribution in [0.3, 0.4) is 0 Å². The molecule has 62 valence electrons. The normalized spacial score (nSPS) is 31.5. The van der Waals surface area contributed by atoms with Crippen LogP contribution in [0.1, 0.15) is 26.7 Å². The largest absolute Gasteiger partial charge is 0.297 e. The number of rotatable bonds is 2. The predicted octanol–water partition coefficient (Wildman–Crippen LogP) is 1.95. The number of hydrogen-bond donors (Lipinski definition) is 0. The topological polar surface area (TPSA) is 24.7 Å². The van der Waals surface area contributed by atoms with E-state index in [1.807, 2.05) is 12.4 Å². The van der Waals surface area contributed by atoms with Crippen LogP contribution in [0.4, 0.5) is 0 Å². The van der Waals surface area contributed by atoms with E-state index in [0.29, 0.717) is 12.0 Å². The maximum absolute atomic E-state index is 4.47. The van der Waals surface area contributed by atoms with Crippen LogP contribution in [0, 0.1) is 5.92 Å². The highest BCUT2D eigenvalue weighted by molar-refractivity contribution is 5.61. The highest BCUT2D eigenvalue weighted by atomic mass is 14.8. The molecule has 1 heterocycles. The molecule has 0 amide bonds. The molecule has 0 aromatic rings. The Balaban J connectivity index is 2.44. The Labute approximate surface area is 68.4 Å². The third-order valence-electron chi connectivity index (χ3n) is 2.01. The molecule has 1 aliphatic rings. The standard InChI is InChI=1S/C9H16N2/c1-3-5-11-9-4-6-10-7-8(9)2/h5-6,8-9H,3-4,7H2,1-2H3/t8-,9?/m1/s1. The third-order valence-corrected chi connectivity index (χ3v) is 2.01. The van der Waals surface area contributed by atoms with E-state index in [1.54, 1.807) is 0 Å². The highest BCUT2D eigenvalue weighted by Gasteiger charge is 2.16. The van der Waals surface area contributed by atoms with Crippen molar-refractivity contribution in [3.05, 3.63) is 0 Å². The van der Waals surface area contributed by atoms with E-state index < -0.39 is 0 Å². The van der Waals surface area contributed by atoms with Gasteiger partial charge in [-0.3, -0.25) is 9.98 Å². The van der Waals surface area contributed by atoms with E-state index in [0.717, 1.165) is 19.4 Å². The molecule has 0 radical (unpaired) electrons. The van der Waals surface area contributed by atoms with E-state index >= 15 is 0 Å². The fraction of sp³-hybridized carbons (Fsp3) is 0.778. The SMILES string of the molecule is CCC=NC1CC=NC[C@H]1C. The zero-order chi connectivity index (χ0) is 8.10. The predicted molar refractivity (Wildman–Crippen MR) is 49.7 cm³/mol. The molecule has 0 saturated heterocycles. The van der Waals surface area contributed by atoms with Crippen molar-refractivity contribution in [2.75, 3.05) is 6.54 Å². The Kier molecular flexibility index (Phi) is 3.27. The Morgan fingerprint density at radius 2 is 2.55 bits per heavy atom. The third kappa shape index (κ3) is 2.45. The van der Waals surface area contributed by atoms with Gasteiger partial charge >= 0.3 is 0 Å². The molecule has 1 unspecified atom stereocenters. The van der Waals surface area contributed by atoms with Crippen LogP contribution in [0.15, 0.2) is 9.98 Å². The van der Waals surface area contributed by atoms with Crippen molar-refractivity contribution in [1.82, 2.24) is 0 Å². The van der Waals surface area contributed by atoms with Crippen molar-refractivity contribution in [3.63, 3.8) is 0 Å². The molecule has 2 nitrogen and oxygen atoms in total. The summed E-state index contributed by atoms with van der Waals surface area (Å²) in [4.78, 5) is 8.68. The molecule has 0 N–H and O–H groups in total. The van der Waals surface area contributed by atoms with Crippen LogP contribution in [0.5, 0.6) is 0 Å². The van der Waals surface area contributed by atoms with Crippen molar-refractivity contribution in [2.45, 2.75) is 32.7 Å². The Bertz CT molecular complexity index is 161. The van der Waals surface area contributed by atoms with Crippen molar-refractivity contribution >= 4 is 12.4 Å². The summed E-state index contributed by atoms with van der Waals surface area (Å²) in [5, 5.41) is 0. The zero-order valence-corrected chi connectivity index (χ0v) is 7.33. The van der Waals surface area contributed by atoms with Gasteiger partial charge in [0.2, 0.25) is 0 Å². The van der Waals surface area contributed by atoms with E-state index in [2.05, 4.69) is 23.8 Å². The summed E-state index contributed by atoms with van der Waals surface area (Å²) >= 11 is 0. The van der Waals surface area contributed by atoms with E-state index in [4.69, 9.17) is 0 Å². The number of nitrogens with zero attached hydrogens (tertiary/aromatic N) is 2. The molecule has 0 fully saturated rings. The van der Waals surface area contributed by atoms with Crippen molar-refractivity contribution in [2.24, 2.45) is 15.9 Å². The van der Waals surface area contributed by atoms with Gasteiger partial charge in [-0.15, -0.1) is 0 Å². The molecule has 11 heavy (non-hydrogen) atoms. The summed E-state index contributed by atoms with van der Waals surface area (Å²) < 4.78 is 0. The van der Waals surface area contributed by atoms with Crippen LogP contribution in [0.25, 0.3) is 0 Å². The fourth-order valence-electron chi connectivity index (χ4n) is 1.23. The molecule has 1 rings (SSSR count). The van der Waals surface area contributed by atoms with Crippen molar-refractivity contribution in [3.8, 4) is 0 Å². The van der Waals surface area contributed by atoms with E-state index in [-0.39, 0.29) is 0 Å². The first-order valence-corrected chi connectivity index (χ1v) is 4.34. The quantitative estimate of drug-likeness (QED) is 0.540. The summed E-state index contributed by atoms with van der Waals surface area (Å²) in [5.74, 6) is 0.628. The van der Waals surface area contributed by atoms with Gasteiger partial charge in [-0.25, -0.2) is 0 Å². The second kappa shape index (κ2) is 4.27. The first-order chi connectivity index (χ1) is 5.34. The first kappa shape index (κ1) is 8.44. The lowest BCUT2D eigenvalue weighted by atomic mass is 9.98. The summed E-state index contributed by atoms with van der Waals surface area (Å²) in [6, 6.07) is 0.493. The molecule has 0 aliphatic carbocycles. The zero-order valence-electron chi connectivity index (χ0n) is 7.33. The van der Waals surface area contributed by atoms with Crippen LogP contribution in [0.2, 0.25) is 0 Å². The van der Waals surface area contributed by atoms with Crippen molar-refractivity contribution in [1.29, 1.82) is 0 Å².